The summed E-state index contributed by atoms with van der Waals surface area (Å²) in [6.07, 6.45) is 1.70. The normalized spacial score (nSPS) is 10.5. The van der Waals surface area contributed by atoms with Gasteiger partial charge in [0.1, 0.15) is 11.6 Å². The molecule has 0 aliphatic rings. The van der Waals surface area contributed by atoms with Crippen molar-refractivity contribution in [2.24, 2.45) is 0 Å². The van der Waals surface area contributed by atoms with Crippen molar-refractivity contribution in [3.63, 3.8) is 0 Å². The number of imidazole rings is 1. The van der Waals surface area contributed by atoms with E-state index in [0.29, 0.717) is 11.4 Å². The molecular weight excluding hydrogens is 203 g/mol. The van der Waals surface area contributed by atoms with Crippen molar-refractivity contribution in [2.45, 2.75) is 6.92 Å². The van der Waals surface area contributed by atoms with Gasteiger partial charge in [0.25, 0.3) is 0 Å². The number of benzene rings is 1. The summed E-state index contributed by atoms with van der Waals surface area (Å²) in [6.45, 7) is 1.89. The second-order valence-corrected chi connectivity index (χ2v) is 3.45. The monoisotopic (exact) mass is 210 g/mol. The van der Waals surface area contributed by atoms with Gasteiger partial charge in [-0.3, -0.25) is 0 Å². The maximum atomic E-state index is 13.1. The lowest BCUT2D eigenvalue weighted by molar-refractivity contribution is 0.628. The quantitative estimate of drug-likeness (QED) is 0.770. The Balaban J connectivity index is 2.47. The number of hydrogen-bond donors (Lipinski definition) is 1. The summed E-state index contributed by atoms with van der Waals surface area (Å²) in [5, 5.41) is 0.122. The van der Waals surface area contributed by atoms with Gasteiger partial charge in [0.2, 0.25) is 0 Å². The Morgan fingerprint density at radius 2 is 2.21 bits per heavy atom. The molecule has 0 saturated carbocycles. The van der Waals surface area contributed by atoms with Gasteiger partial charge in [-0.05, 0) is 25.1 Å². The Labute approximate surface area is 85.8 Å². The number of aromatic nitrogens is 2. The molecule has 0 amide bonds. The number of hydrogen-bond acceptors (Lipinski definition) is 1. The lowest BCUT2D eigenvalue weighted by atomic mass is 10.2. The van der Waals surface area contributed by atoms with Crippen molar-refractivity contribution in [1.82, 2.24) is 9.97 Å². The van der Waals surface area contributed by atoms with Crippen molar-refractivity contribution in [3.05, 3.63) is 40.9 Å². The van der Waals surface area contributed by atoms with Gasteiger partial charge >= 0.3 is 0 Å². The molecule has 1 N–H and O–H groups in total. The minimum Gasteiger partial charge on any atom is -0.342 e. The first-order valence-corrected chi connectivity index (χ1v) is 4.51. The van der Waals surface area contributed by atoms with Gasteiger partial charge in [-0.1, -0.05) is 11.6 Å². The van der Waals surface area contributed by atoms with E-state index in [0.717, 1.165) is 5.69 Å². The van der Waals surface area contributed by atoms with Crippen LogP contribution in [-0.2, 0) is 0 Å². The Bertz CT molecular complexity index is 465. The predicted octanol–water partition coefficient (Wildman–Crippen LogP) is 3.18. The predicted molar refractivity (Wildman–Crippen MR) is 53.7 cm³/mol. The van der Waals surface area contributed by atoms with E-state index in [2.05, 4.69) is 9.97 Å². The summed E-state index contributed by atoms with van der Waals surface area (Å²) in [7, 11) is 0. The van der Waals surface area contributed by atoms with Crippen LogP contribution in [0.15, 0.2) is 24.4 Å². The molecule has 0 bridgehead atoms. The fourth-order valence-electron chi connectivity index (χ4n) is 1.20. The summed E-state index contributed by atoms with van der Waals surface area (Å²) in [4.78, 5) is 7.11. The average molecular weight is 211 g/mol. The van der Waals surface area contributed by atoms with Gasteiger partial charge in [-0.2, -0.15) is 0 Å². The van der Waals surface area contributed by atoms with Crippen LogP contribution in [-0.4, -0.2) is 9.97 Å². The molecule has 72 valence electrons. The molecule has 0 spiro atoms. The van der Waals surface area contributed by atoms with Crippen LogP contribution in [0.4, 0.5) is 4.39 Å². The zero-order valence-corrected chi connectivity index (χ0v) is 8.27. The summed E-state index contributed by atoms with van der Waals surface area (Å²) in [6, 6.07) is 4.61. The second kappa shape index (κ2) is 3.42. The largest absolute Gasteiger partial charge is 0.342 e. The Morgan fingerprint density at radius 1 is 1.43 bits per heavy atom. The molecule has 0 atom stereocenters. The van der Waals surface area contributed by atoms with Gasteiger partial charge in [-0.25, -0.2) is 9.37 Å². The molecule has 1 aromatic heterocycles. The fraction of sp³-hybridized carbons (Fsp3) is 0.100. The lowest BCUT2D eigenvalue weighted by Crippen LogP contribution is -1.83. The molecule has 2 aromatic rings. The Hall–Kier alpha value is -1.35. The average Bonchev–Trinajstić information content (AvgIpc) is 2.57. The van der Waals surface area contributed by atoms with Crippen LogP contribution in [0, 0.1) is 12.7 Å². The molecule has 0 unspecified atom stereocenters. The number of aromatic amines is 1. The van der Waals surface area contributed by atoms with E-state index in [1.807, 2.05) is 6.92 Å². The third-order valence-corrected chi connectivity index (χ3v) is 2.20. The number of aryl methyl sites for hydroxylation is 1. The molecule has 1 aromatic carbocycles. The third kappa shape index (κ3) is 1.63. The molecule has 1 heterocycles. The fourth-order valence-corrected chi connectivity index (χ4v) is 1.32. The molecule has 0 radical (unpaired) electrons. The third-order valence-electron chi connectivity index (χ3n) is 1.90. The lowest BCUT2D eigenvalue weighted by Gasteiger charge is -1.98. The van der Waals surface area contributed by atoms with Gasteiger partial charge in [0.05, 0.1) is 5.02 Å². The van der Waals surface area contributed by atoms with Crippen LogP contribution < -0.4 is 0 Å². The van der Waals surface area contributed by atoms with E-state index in [-0.39, 0.29) is 5.02 Å². The van der Waals surface area contributed by atoms with Gasteiger partial charge in [-0.15, -0.1) is 0 Å². The molecule has 0 aliphatic carbocycles. The zero-order chi connectivity index (χ0) is 10.1. The molecule has 0 fully saturated rings. The van der Waals surface area contributed by atoms with E-state index in [1.54, 1.807) is 12.3 Å². The Kier molecular flexibility index (Phi) is 2.25. The van der Waals surface area contributed by atoms with Crippen LogP contribution in [0.3, 0.4) is 0 Å². The van der Waals surface area contributed by atoms with E-state index >= 15 is 0 Å². The summed E-state index contributed by atoms with van der Waals surface area (Å²) in [5.74, 6) is 0.219. The zero-order valence-electron chi connectivity index (χ0n) is 7.51. The smallest absolute Gasteiger partial charge is 0.142 e. The van der Waals surface area contributed by atoms with Crippen LogP contribution in [0.2, 0.25) is 5.02 Å². The summed E-state index contributed by atoms with van der Waals surface area (Å²) in [5.41, 5.74) is 1.63. The first kappa shape index (κ1) is 9.21. The standard InChI is InChI=1S/C10H8ClFN2/c1-6-5-13-10(14-6)7-2-3-8(11)9(12)4-7/h2-5H,1H3,(H,13,14). The number of nitrogens with one attached hydrogen (secondary N) is 1. The van der Waals surface area contributed by atoms with Crippen LogP contribution in [0.25, 0.3) is 11.4 Å². The highest BCUT2D eigenvalue weighted by Gasteiger charge is 2.05. The first-order chi connectivity index (χ1) is 6.66. The van der Waals surface area contributed by atoms with E-state index < -0.39 is 5.82 Å². The van der Waals surface area contributed by atoms with Crippen molar-refractivity contribution in [2.75, 3.05) is 0 Å². The van der Waals surface area contributed by atoms with Gasteiger partial charge in [0.15, 0.2) is 0 Å². The highest BCUT2D eigenvalue weighted by Crippen LogP contribution is 2.21. The van der Waals surface area contributed by atoms with Crippen LogP contribution >= 0.6 is 11.6 Å². The van der Waals surface area contributed by atoms with Gasteiger partial charge in [0, 0.05) is 17.5 Å². The molecule has 0 saturated heterocycles. The van der Waals surface area contributed by atoms with E-state index in [4.69, 9.17) is 11.6 Å². The number of nitrogens with zero attached hydrogens (tertiary/aromatic N) is 1. The van der Waals surface area contributed by atoms with Crippen LogP contribution in [0.5, 0.6) is 0 Å². The molecule has 0 aliphatic heterocycles. The number of rotatable bonds is 1. The van der Waals surface area contributed by atoms with Crippen LogP contribution in [0.1, 0.15) is 5.69 Å². The minimum atomic E-state index is -0.432. The second-order valence-electron chi connectivity index (χ2n) is 3.04. The van der Waals surface area contributed by atoms with Crippen molar-refractivity contribution < 1.29 is 4.39 Å². The van der Waals surface area contributed by atoms with E-state index in [1.165, 1.54) is 12.1 Å². The summed E-state index contributed by atoms with van der Waals surface area (Å²) < 4.78 is 13.1. The molecular formula is C10H8ClFN2. The maximum Gasteiger partial charge on any atom is 0.142 e. The van der Waals surface area contributed by atoms with Crippen molar-refractivity contribution >= 4 is 11.6 Å². The van der Waals surface area contributed by atoms with Crippen molar-refractivity contribution in [3.8, 4) is 11.4 Å². The topological polar surface area (TPSA) is 28.7 Å². The molecule has 2 rings (SSSR count). The SMILES string of the molecule is Cc1cnc(-c2ccc(Cl)c(F)c2)[nH]1. The van der Waals surface area contributed by atoms with Gasteiger partial charge < -0.3 is 4.98 Å². The molecule has 4 heteroatoms. The molecule has 2 nitrogen and oxygen atoms in total. The Morgan fingerprint density at radius 3 is 2.79 bits per heavy atom. The first-order valence-electron chi connectivity index (χ1n) is 4.14. The van der Waals surface area contributed by atoms with Crippen molar-refractivity contribution in [1.29, 1.82) is 0 Å². The van der Waals surface area contributed by atoms with E-state index in [9.17, 15) is 4.39 Å². The highest BCUT2D eigenvalue weighted by molar-refractivity contribution is 6.30. The highest BCUT2D eigenvalue weighted by atomic mass is 35.5. The number of H-pyrrole nitrogens is 1. The molecule has 14 heavy (non-hydrogen) atoms. The summed E-state index contributed by atoms with van der Waals surface area (Å²) >= 11 is 5.57. The number of halogens is 2. The maximum absolute atomic E-state index is 13.1. The minimum absolute atomic E-state index is 0.122.